The van der Waals surface area contributed by atoms with Crippen LogP contribution >= 0.6 is 34.5 Å². The van der Waals surface area contributed by atoms with E-state index in [1.54, 1.807) is 25.1 Å². The number of nitrogens with zero attached hydrogens (tertiary/aromatic N) is 1. The molecule has 0 bridgehead atoms. The summed E-state index contributed by atoms with van der Waals surface area (Å²) >= 11 is 13.1. The quantitative estimate of drug-likeness (QED) is 0.243. The summed E-state index contributed by atoms with van der Waals surface area (Å²) in [6.45, 7) is 2.02. The summed E-state index contributed by atoms with van der Waals surface area (Å²) in [7, 11) is -4.44. The number of halogens is 5. The largest absolute Gasteiger partial charge is 0.431 e. The number of sulfonamides is 1. The van der Waals surface area contributed by atoms with E-state index >= 15 is 0 Å². The summed E-state index contributed by atoms with van der Waals surface area (Å²) in [5.74, 6) is -0.415. The monoisotopic (exact) mass is 589 g/mol. The number of hydrogen-bond donors (Lipinski definition) is 2. The lowest BCUT2D eigenvalue weighted by Crippen LogP contribution is -2.23. The van der Waals surface area contributed by atoms with Gasteiger partial charge in [-0.3, -0.25) is 9.52 Å². The van der Waals surface area contributed by atoms with Crippen LogP contribution < -0.4 is 14.8 Å². The van der Waals surface area contributed by atoms with Gasteiger partial charge in [-0.05, 0) is 55.5 Å². The van der Waals surface area contributed by atoms with Gasteiger partial charge in [0.1, 0.15) is 10.6 Å². The number of anilines is 1. The molecule has 4 aromatic rings. The maximum absolute atomic E-state index is 13.0. The molecule has 0 spiro atoms. The van der Waals surface area contributed by atoms with Gasteiger partial charge in [-0.2, -0.15) is 13.2 Å². The molecule has 0 fully saturated rings. The fourth-order valence-electron chi connectivity index (χ4n) is 3.24. The normalized spacial score (nSPS) is 11.9. The maximum atomic E-state index is 13.0. The number of alkyl halides is 3. The minimum Gasteiger partial charge on any atom is -0.431 e. The van der Waals surface area contributed by atoms with Crippen molar-refractivity contribution < 1.29 is 31.1 Å². The number of benzene rings is 3. The van der Waals surface area contributed by atoms with Crippen LogP contribution in [0, 0.1) is 0 Å². The molecule has 0 radical (unpaired) electrons. The highest BCUT2D eigenvalue weighted by molar-refractivity contribution is 7.92. The number of ether oxygens (including phenoxy) is 1. The van der Waals surface area contributed by atoms with Crippen molar-refractivity contribution in [2.45, 2.75) is 18.0 Å². The molecule has 194 valence electrons. The number of hydrogen-bond acceptors (Lipinski definition) is 6. The van der Waals surface area contributed by atoms with Crippen molar-refractivity contribution in [2.24, 2.45) is 0 Å². The van der Waals surface area contributed by atoms with Crippen molar-refractivity contribution in [2.75, 3.05) is 11.3 Å². The Balaban J connectivity index is 1.69. The number of rotatable bonds is 7. The van der Waals surface area contributed by atoms with Crippen molar-refractivity contribution in [3.05, 3.63) is 75.8 Å². The van der Waals surface area contributed by atoms with Crippen LogP contribution in [0.5, 0.6) is 10.9 Å². The van der Waals surface area contributed by atoms with Crippen LogP contribution in [-0.4, -0.2) is 25.9 Å². The number of aromatic nitrogens is 1. The summed E-state index contributed by atoms with van der Waals surface area (Å²) in [4.78, 5) is 16.3. The van der Waals surface area contributed by atoms with Gasteiger partial charge >= 0.3 is 6.18 Å². The molecule has 0 aliphatic carbocycles. The molecule has 3 aromatic carbocycles. The first kappa shape index (κ1) is 27.0. The van der Waals surface area contributed by atoms with E-state index in [0.717, 1.165) is 10.8 Å². The van der Waals surface area contributed by atoms with E-state index in [9.17, 15) is 26.4 Å². The number of nitrogens with one attached hydrogen (secondary N) is 2. The van der Waals surface area contributed by atoms with Crippen LogP contribution in [0.3, 0.4) is 0 Å². The lowest BCUT2D eigenvalue weighted by atomic mass is 10.2. The second-order valence-electron chi connectivity index (χ2n) is 7.55. The summed E-state index contributed by atoms with van der Waals surface area (Å²) in [6.07, 6.45) is -4.70. The van der Waals surface area contributed by atoms with E-state index in [0.29, 0.717) is 29.2 Å². The van der Waals surface area contributed by atoms with Gasteiger partial charge in [-0.1, -0.05) is 34.5 Å². The zero-order valence-corrected chi connectivity index (χ0v) is 21.8. The van der Waals surface area contributed by atoms with Crippen LogP contribution in [0.4, 0.5) is 18.9 Å². The van der Waals surface area contributed by atoms with Gasteiger partial charge in [0.05, 0.1) is 26.5 Å². The van der Waals surface area contributed by atoms with Crippen molar-refractivity contribution >= 4 is 66.4 Å². The van der Waals surface area contributed by atoms with Gasteiger partial charge in [-0.15, -0.1) is 0 Å². The molecule has 0 atom stereocenters. The molecule has 7 nitrogen and oxygen atoms in total. The van der Waals surface area contributed by atoms with E-state index in [4.69, 9.17) is 27.9 Å². The third-order valence-electron chi connectivity index (χ3n) is 4.84. The zero-order chi connectivity index (χ0) is 27.0. The molecule has 4 rings (SSSR count). The van der Waals surface area contributed by atoms with Gasteiger partial charge in [0.15, 0.2) is 0 Å². The topological polar surface area (TPSA) is 97.4 Å². The molecule has 1 heterocycles. The smallest absolute Gasteiger partial charge is 0.416 e. The summed E-state index contributed by atoms with van der Waals surface area (Å²) in [6, 6.07) is 11.0. The van der Waals surface area contributed by atoms with E-state index < -0.39 is 37.6 Å². The Morgan fingerprint density at radius 1 is 1.08 bits per heavy atom. The zero-order valence-electron chi connectivity index (χ0n) is 18.7. The highest BCUT2D eigenvalue weighted by Crippen LogP contribution is 2.36. The number of amides is 1. The fourth-order valence-corrected chi connectivity index (χ4v) is 5.81. The third-order valence-corrected chi connectivity index (χ3v) is 7.86. The first-order valence-corrected chi connectivity index (χ1v) is 13.5. The Labute approximate surface area is 223 Å². The Bertz CT molecular complexity index is 1610. The minimum atomic E-state index is -4.70. The highest BCUT2D eigenvalue weighted by atomic mass is 35.5. The molecule has 37 heavy (non-hydrogen) atoms. The Kier molecular flexibility index (Phi) is 7.56. The highest BCUT2D eigenvalue weighted by Gasteiger charge is 2.32. The Morgan fingerprint density at radius 2 is 1.84 bits per heavy atom. The average Bonchev–Trinajstić information content (AvgIpc) is 3.19. The Hall–Kier alpha value is -3.06. The number of fused-ring (bicyclic) bond motifs is 1. The van der Waals surface area contributed by atoms with Gasteiger partial charge in [0.25, 0.3) is 21.1 Å². The second-order valence-corrected chi connectivity index (χ2v) is 11.0. The van der Waals surface area contributed by atoms with Crippen LogP contribution in [0.25, 0.3) is 10.2 Å². The third kappa shape index (κ3) is 6.27. The lowest BCUT2D eigenvalue weighted by molar-refractivity contribution is -0.137. The van der Waals surface area contributed by atoms with Crippen molar-refractivity contribution in [3.8, 4) is 10.9 Å². The predicted molar refractivity (Wildman–Crippen MR) is 136 cm³/mol. The number of carbonyl (C=O) groups is 1. The van der Waals surface area contributed by atoms with Gasteiger partial charge < -0.3 is 10.1 Å². The van der Waals surface area contributed by atoms with Crippen LogP contribution in [0.1, 0.15) is 22.8 Å². The van der Waals surface area contributed by atoms with E-state index in [1.807, 2.05) is 0 Å². The molecule has 0 aliphatic rings. The molecule has 1 aromatic heterocycles. The van der Waals surface area contributed by atoms with E-state index in [-0.39, 0.29) is 22.2 Å². The van der Waals surface area contributed by atoms with Crippen molar-refractivity contribution in [1.82, 2.24) is 10.3 Å². The molecule has 2 N–H and O–H groups in total. The van der Waals surface area contributed by atoms with Crippen LogP contribution in [-0.2, 0) is 16.2 Å². The van der Waals surface area contributed by atoms with E-state index in [1.165, 1.54) is 29.5 Å². The molecule has 0 saturated carbocycles. The molecule has 0 aliphatic heterocycles. The summed E-state index contributed by atoms with van der Waals surface area (Å²) in [5.41, 5.74) is -0.522. The number of thiazole rings is 1. The van der Waals surface area contributed by atoms with Crippen LogP contribution in [0.2, 0.25) is 10.0 Å². The Morgan fingerprint density at radius 3 is 2.51 bits per heavy atom. The second kappa shape index (κ2) is 10.4. The summed E-state index contributed by atoms with van der Waals surface area (Å²) in [5, 5.41) is 2.69. The standard InChI is InChI=1S/C23H16Cl2F3N3O4S2/c1-2-29-21(32)12-7-15(31-37(33,34)20-6-3-13(9-17(20)25)23(26,27)28)11-16(8-12)35-22-30-18-10-14(24)4-5-19(18)36-22/h3-11,31H,2H2,1H3,(H,29,32). The van der Waals surface area contributed by atoms with Gasteiger partial charge in [-0.25, -0.2) is 13.4 Å². The molecular formula is C23H16Cl2F3N3O4S2. The first-order valence-electron chi connectivity index (χ1n) is 10.4. The molecule has 0 saturated heterocycles. The average molecular weight is 590 g/mol. The molecule has 1 amide bonds. The van der Waals surface area contributed by atoms with Crippen LogP contribution in [0.15, 0.2) is 59.5 Å². The van der Waals surface area contributed by atoms with Gasteiger partial charge in [0, 0.05) is 23.2 Å². The fraction of sp³-hybridized carbons (Fsp3) is 0.130. The summed E-state index contributed by atoms with van der Waals surface area (Å²) < 4.78 is 73.6. The van der Waals surface area contributed by atoms with Crippen molar-refractivity contribution in [3.63, 3.8) is 0 Å². The van der Waals surface area contributed by atoms with E-state index in [2.05, 4.69) is 15.0 Å². The molecule has 14 heteroatoms. The number of carbonyl (C=O) groups excluding carboxylic acids is 1. The maximum Gasteiger partial charge on any atom is 0.416 e. The van der Waals surface area contributed by atoms with Gasteiger partial charge in [0.2, 0.25) is 0 Å². The lowest BCUT2D eigenvalue weighted by Gasteiger charge is -2.14. The first-order chi connectivity index (χ1) is 17.4. The minimum absolute atomic E-state index is 0.0692. The predicted octanol–water partition coefficient (Wildman–Crippen LogP) is 6.96. The SMILES string of the molecule is CCNC(=O)c1cc(NS(=O)(=O)c2ccc(C(F)(F)F)cc2Cl)cc(Oc2nc3cc(Cl)ccc3s2)c1. The molecular weight excluding hydrogens is 574 g/mol. The molecule has 0 unspecified atom stereocenters. The van der Waals surface area contributed by atoms with Crippen molar-refractivity contribution in [1.29, 1.82) is 0 Å².